The predicted molar refractivity (Wildman–Crippen MR) is 67.8 cm³/mol. The van der Waals surface area contributed by atoms with E-state index in [0.717, 1.165) is 36.4 Å². The molecule has 0 spiro atoms. The van der Waals surface area contributed by atoms with Crippen LogP contribution in [0.2, 0.25) is 0 Å². The Bertz CT molecular complexity index is 452. The minimum atomic E-state index is -0.0327. The number of fused-ring (bicyclic) bond motifs is 1. The second kappa shape index (κ2) is 4.04. The number of hydrogen-bond acceptors (Lipinski definition) is 3. The first kappa shape index (κ1) is 10.6. The number of nitrogen functional groups attached to an aromatic ring is 1. The van der Waals surface area contributed by atoms with E-state index in [0.29, 0.717) is 0 Å². The smallest absolute Gasteiger partial charge is 0.242 e. The summed E-state index contributed by atoms with van der Waals surface area (Å²) in [5, 5.41) is 2.97. The molecule has 4 heteroatoms. The molecule has 0 bridgehead atoms. The molecule has 2 aliphatic rings. The van der Waals surface area contributed by atoms with Gasteiger partial charge in [-0.25, -0.2) is 0 Å². The summed E-state index contributed by atoms with van der Waals surface area (Å²) in [7, 11) is 0. The minimum absolute atomic E-state index is 0.0327. The van der Waals surface area contributed by atoms with Crippen LogP contribution in [-0.2, 0) is 11.2 Å². The number of amides is 1. The zero-order chi connectivity index (χ0) is 11.8. The standard InChI is InChI=1S/C13H17N3O/c14-10-4-3-5-11-9(10)8-12(13(17)15-11)16-6-1-2-7-16/h3-5,12H,1-2,6-8,14H2,(H,15,17). The predicted octanol–water partition coefficient (Wildman–Crippen LogP) is 1.23. The summed E-state index contributed by atoms with van der Waals surface area (Å²) < 4.78 is 0. The lowest BCUT2D eigenvalue weighted by Crippen LogP contribution is -2.46. The van der Waals surface area contributed by atoms with Crippen molar-refractivity contribution in [2.75, 3.05) is 24.1 Å². The molecule has 17 heavy (non-hydrogen) atoms. The Hall–Kier alpha value is -1.55. The number of carbonyl (C=O) groups excluding carboxylic acids is 1. The van der Waals surface area contributed by atoms with Gasteiger partial charge in [0.25, 0.3) is 0 Å². The molecule has 0 aromatic heterocycles. The largest absolute Gasteiger partial charge is 0.398 e. The van der Waals surface area contributed by atoms with Crippen LogP contribution in [0.1, 0.15) is 18.4 Å². The van der Waals surface area contributed by atoms with E-state index in [1.807, 2.05) is 18.2 Å². The average Bonchev–Trinajstić information content (AvgIpc) is 2.82. The van der Waals surface area contributed by atoms with Gasteiger partial charge in [0.05, 0.1) is 6.04 Å². The van der Waals surface area contributed by atoms with Crippen molar-refractivity contribution >= 4 is 17.3 Å². The normalized spacial score (nSPS) is 24.5. The molecule has 0 radical (unpaired) electrons. The molecule has 0 aliphatic carbocycles. The number of benzene rings is 1. The highest BCUT2D eigenvalue weighted by atomic mass is 16.2. The number of carbonyl (C=O) groups is 1. The van der Waals surface area contributed by atoms with Crippen molar-refractivity contribution < 1.29 is 4.79 Å². The van der Waals surface area contributed by atoms with Crippen molar-refractivity contribution in [2.45, 2.75) is 25.3 Å². The fourth-order valence-electron chi connectivity index (χ4n) is 2.80. The highest BCUT2D eigenvalue weighted by Crippen LogP contribution is 2.30. The summed E-state index contributed by atoms with van der Waals surface area (Å²) in [5.74, 6) is 0.116. The van der Waals surface area contributed by atoms with Gasteiger partial charge >= 0.3 is 0 Å². The highest BCUT2D eigenvalue weighted by molar-refractivity contribution is 5.99. The van der Waals surface area contributed by atoms with Gasteiger partial charge in [0.2, 0.25) is 5.91 Å². The first-order valence-corrected chi connectivity index (χ1v) is 6.18. The van der Waals surface area contributed by atoms with Crippen LogP contribution in [0.25, 0.3) is 0 Å². The van der Waals surface area contributed by atoms with Crippen LogP contribution >= 0.6 is 0 Å². The number of hydrogen-bond donors (Lipinski definition) is 2. The lowest BCUT2D eigenvalue weighted by molar-refractivity contribution is -0.121. The van der Waals surface area contributed by atoms with E-state index in [4.69, 9.17) is 5.73 Å². The summed E-state index contributed by atoms with van der Waals surface area (Å²) in [6, 6.07) is 5.67. The molecular formula is C13H17N3O. The van der Waals surface area contributed by atoms with Crippen molar-refractivity contribution in [1.29, 1.82) is 0 Å². The lowest BCUT2D eigenvalue weighted by Gasteiger charge is -2.31. The molecule has 1 atom stereocenters. The molecule has 1 aromatic carbocycles. The lowest BCUT2D eigenvalue weighted by atomic mass is 9.96. The van der Waals surface area contributed by atoms with E-state index < -0.39 is 0 Å². The maximum Gasteiger partial charge on any atom is 0.242 e. The van der Waals surface area contributed by atoms with E-state index in [-0.39, 0.29) is 11.9 Å². The van der Waals surface area contributed by atoms with Crippen LogP contribution in [-0.4, -0.2) is 29.9 Å². The molecule has 2 aliphatic heterocycles. The molecule has 1 aromatic rings. The van der Waals surface area contributed by atoms with Crippen molar-refractivity contribution in [3.63, 3.8) is 0 Å². The molecule has 2 heterocycles. The third kappa shape index (κ3) is 1.78. The van der Waals surface area contributed by atoms with Crippen molar-refractivity contribution in [3.05, 3.63) is 23.8 Å². The van der Waals surface area contributed by atoms with Crippen LogP contribution in [0.3, 0.4) is 0 Å². The Kier molecular flexibility index (Phi) is 2.52. The monoisotopic (exact) mass is 231 g/mol. The van der Waals surface area contributed by atoms with Gasteiger partial charge < -0.3 is 11.1 Å². The SMILES string of the molecule is Nc1cccc2c1CC(N1CCCC1)C(=O)N2. The van der Waals surface area contributed by atoms with Gasteiger partial charge in [-0.2, -0.15) is 0 Å². The number of nitrogens with two attached hydrogens (primary N) is 1. The van der Waals surface area contributed by atoms with E-state index >= 15 is 0 Å². The molecule has 1 fully saturated rings. The Morgan fingerprint density at radius 3 is 2.82 bits per heavy atom. The van der Waals surface area contributed by atoms with Crippen LogP contribution in [0, 0.1) is 0 Å². The van der Waals surface area contributed by atoms with Gasteiger partial charge in [-0.15, -0.1) is 0 Å². The van der Waals surface area contributed by atoms with Crippen LogP contribution < -0.4 is 11.1 Å². The Morgan fingerprint density at radius 1 is 1.29 bits per heavy atom. The second-order valence-corrected chi connectivity index (χ2v) is 4.83. The molecule has 4 nitrogen and oxygen atoms in total. The molecule has 1 unspecified atom stereocenters. The van der Waals surface area contributed by atoms with Gasteiger partial charge in [0.15, 0.2) is 0 Å². The molecule has 1 saturated heterocycles. The van der Waals surface area contributed by atoms with E-state index in [1.54, 1.807) is 0 Å². The number of nitrogens with one attached hydrogen (secondary N) is 1. The summed E-state index contributed by atoms with van der Waals surface area (Å²) in [6.07, 6.45) is 3.13. The first-order valence-electron chi connectivity index (χ1n) is 6.18. The van der Waals surface area contributed by atoms with Crippen molar-refractivity contribution in [2.24, 2.45) is 0 Å². The zero-order valence-corrected chi connectivity index (χ0v) is 9.78. The summed E-state index contributed by atoms with van der Waals surface area (Å²) in [4.78, 5) is 14.3. The summed E-state index contributed by atoms with van der Waals surface area (Å²) >= 11 is 0. The third-order valence-electron chi connectivity index (χ3n) is 3.75. The first-order chi connectivity index (χ1) is 8.25. The minimum Gasteiger partial charge on any atom is -0.398 e. The van der Waals surface area contributed by atoms with Crippen LogP contribution in [0.4, 0.5) is 11.4 Å². The van der Waals surface area contributed by atoms with Crippen LogP contribution in [0.15, 0.2) is 18.2 Å². The third-order valence-corrected chi connectivity index (χ3v) is 3.75. The maximum absolute atomic E-state index is 12.1. The Labute approximate surface area is 101 Å². The molecule has 0 saturated carbocycles. The van der Waals surface area contributed by atoms with Gasteiger partial charge in [-0.05, 0) is 38.1 Å². The van der Waals surface area contributed by atoms with E-state index in [9.17, 15) is 4.79 Å². The topological polar surface area (TPSA) is 58.4 Å². The second-order valence-electron chi connectivity index (χ2n) is 4.83. The Morgan fingerprint density at radius 2 is 2.06 bits per heavy atom. The van der Waals surface area contributed by atoms with Gasteiger partial charge in [0, 0.05) is 23.4 Å². The molecule has 90 valence electrons. The summed E-state index contributed by atoms with van der Waals surface area (Å²) in [5.41, 5.74) is 8.73. The van der Waals surface area contributed by atoms with Gasteiger partial charge in [-0.1, -0.05) is 6.07 Å². The molecule has 1 amide bonds. The average molecular weight is 231 g/mol. The van der Waals surface area contributed by atoms with Crippen LogP contribution in [0.5, 0.6) is 0 Å². The molecule has 3 N–H and O–H groups in total. The quantitative estimate of drug-likeness (QED) is 0.715. The summed E-state index contributed by atoms with van der Waals surface area (Å²) in [6.45, 7) is 2.06. The number of likely N-dealkylation sites (tertiary alicyclic amines) is 1. The fraction of sp³-hybridized carbons (Fsp3) is 0.462. The number of anilines is 2. The molecule has 3 rings (SSSR count). The van der Waals surface area contributed by atoms with Gasteiger partial charge in [-0.3, -0.25) is 9.69 Å². The van der Waals surface area contributed by atoms with Gasteiger partial charge in [0.1, 0.15) is 0 Å². The van der Waals surface area contributed by atoms with E-state index in [1.165, 1.54) is 12.8 Å². The molecular weight excluding hydrogens is 214 g/mol. The van der Waals surface area contributed by atoms with Crippen molar-refractivity contribution in [1.82, 2.24) is 4.90 Å². The maximum atomic E-state index is 12.1. The zero-order valence-electron chi connectivity index (χ0n) is 9.78. The Balaban J connectivity index is 1.91. The van der Waals surface area contributed by atoms with E-state index in [2.05, 4.69) is 10.2 Å². The van der Waals surface area contributed by atoms with Crippen molar-refractivity contribution in [3.8, 4) is 0 Å². The fourth-order valence-corrected chi connectivity index (χ4v) is 2.80. The highest BCUT2D eigenvalue weighted by Gasteiger charge is 2.33. The number of nitrogens with zero attached hydrogens (tertiary/aromatic N) is 1. The number of rotatable bonds is 1.